The summed E-state index contributed by atoms with van der Waals surface area (Å²) in [5.74, 6) is 2.68. The van der Waals surface area contributed by atoms with Crippen molar-refractivity contribution < 1.29 is 4.74 Å². The molecule has 0 radical (unpaired) electrons. The molecule has 1 atom stereocenters. The van der Waals surface area contributed by atoms with Gasteiger partial charge >= 0.3 is 0 Å². The molecule has 1 spiro atoms. The molecule has 0 saturated heterocycles. The van der Waals surface area contributed by atoms with Gasteiger partial charge in [-0.05, 0) is 157 Å². The van der Waals surface area contributed by atoms with Gasteiger partial charge in [0.25, 0.3) is 0 Å². The lowest BCUT2D eigenvalue weighted by molar-refractivity contribution is 0.467. The van der Waals surface area contributed by atoms with Crippen LogP contribution in [0.4, 0.5) is 22.7 Å². The van der Waals surface area contributed by atoms with Gasteiger partial charge in [-0.25, -0.2) is 4.98 Å². The van der Waals surface area contributed by atoms with Gasteiger partial charge in [-0.3, -0.25) is 4.57 Å². The monoisotopic (exact) mass is 1100 g/mol. The van der Waals surface area contributed by atoms with Gasteiger partial charge in [0.15, 0.2) is 0 Å². The topological polar surface area (TPSA) is 33.5 Å². The average molecular weight is 1100 g/mol. The molecule has 4 heterocycles. The molecule has 6 heteroatoms. The van der Waals surface area contributed by atoms with Gasteiger partial charge in [-0.1, -0.05) is 204 Å². The van der Waals surface area contributed by atoms with Crippen LogP contribution < -0.4 is 14.5 Å². The highest BCUT2D eigenvalue weighted by Gasteiger charge is 2.56. The molecular formula is C77H74N4OS. The number of allylic oxidation sites excluding steroid dienone is 1. The van der Waals surface area contributed by atoms with Crippen LogP contribution >= 0.6 is 11.8 Å². The molecule has 0 bridgehead atoms. The van der Waals surface area contributed by atoms with E-state index in [2.05, 4.69) is 292 Å². The first kappa shape index (κ1) is 53.0. The van der Waals surface area contributed by atoms with E-state index in [9.17, 15) is 0 Å². The molecule has 14 rings (SSSR count). The first-order chi connectivity index (χ1) is 39.7. The van der Waals surface area contributed by atoms with Crippen molar-refractivity contribution >= 4 is 51.5 Å². The number of nitrogens with zero attached hydrogens (tertiary/aromatic N) is 4. The number of ether oxygens (including phenoxy) is 1. The number of hydrogen-bond donors (Lipinski definition) is 0. The first-order valence-corrected chi connectivity index (χ1v) is 30.5. The number of hydrogen-bond acceptors (Lipinski definition) is 5. The summed E-state index contributed by atoms with van der Waals surface area (Å²) in [6, 6.07) is 68.5. The van der Waals surface area contributed by atoms with Crippen molar-refractivity contribution in [1.82, 2.24) is 9.55 Å². The van der Waals surface area contributed by atoms with Crippen molar-refractivity contribution in [2.45, 2.75) is 132 Å². The maximum absolute atomic E-state index is 7.41. The van der Waals surface area contributed by atoms with Crippen LogP contribution in [-0.2, 0) is 27.1 Å². The zero-order chi connectivity index (χ0) is 57.5. The average Bonchev–Trinajstić information content (AvgIpc) is 1.55. The normalized spacial score (nSPS) is 15.9. The molecule has 0 N–H and O–H groups in total. The van der Waals surface area contributed by atoms with Crippen LogP contribution in [0.2, 0.25) is 0 Å². The second-order valence-corrected chi connectivity index (χ2v) is 28.7. The van der Waals surface area contributed by atoms with Gasteiger partial charge in [0.1, 0.15) is 24.0 Å². The van der Waals surface area contributed by atoms with E-state index in [1.165, 1.54) is 93.3 Å². The van der Waals surface area contributed by atoms with Gasteiger partial charge in [-0.2, -0.15) is 0 Å². The van der Waals surface area contributed by atoms with Crippen molar-refractivity contribution in [3.63, 3.8) is 0 Å². The van der Waals surface area contributed by atoms with E-state index in [1.54, 1.807) is 0 Å². The number of pyridine rings is 1. The van der Waals surface area contributed by atoms with Crippen molar-refractivity contribution in [2.24, 2.45) is 0 Å². The standard InChI is InChI=1S/C77H74N4OS/c1-73(2,3)50-36-37-78-69(43-50)81-65-33-23-30-61-70(65)71-62(77(61)59-28-16-20-34-67(59)83-68-35-21-17-29-60(68)77)45-56(46-66(71)81)82-55-27-22-26-54(44-55)79-47-80(64-32-19-18-31-63(64)79)72-57(48-24-14-13-15-25-48)41-53(76(10,11)12)42-58(72)49-38-51(74(4,5)6)40-52(39-49)75(7,8)9/h13-29,31-46,61H,30,47H2,1-12H3. The first-order valence-electron chi connectivity index (χ1n) is 29.7. The highest BCUT2D eigenvalue weighted by molar-refractivity contribution is 7.99. The van der Waals surface area contributed by atoms with Crippen LogP contribution in [0.15, 0.2) is 204 Å². The minimum atomic E-state index is -0.435. The van der Waals surface area contributed by atoms with Crippen LogP contribution in [-0.4, -0.2) is 16.2 Å². The third-order valence-electron chi connectivity index (χ3n) is 18.2. The Morgan fingerprint density at radius 3 is 1.75 bits per heavy atom. The van der Waals surface area contributed by atoms with E-state index >= 15 is 0 Å². The fraction of sp³-hybridized carbons (Fsp3) is 0.260. The Kier molecular flexibility index (Phi) is 12.1. The highest BCUT2D eigenvalue weighted by atomic mass is 32.2. The Morgan fingerprint density at radius 1 is 0.506 bits per heavy atom. The van der Waals surface area contributed by atoms with Gasteiger partial charge in [0.05, 0.1) is 33.7 Å². The van der Waals surface area contributed by atoms with Crippen molar-refractivity contribution in [2.75, 3.05) is 16.5 Å². The number of benzene rings is 8. The lowest BCUT2D eigenvalue weighted by Crippen LogP contribution is -2.36. The summed E-state index contributed by atoms with van der Waals surface area (Å²) in [6.45, 7) is 28.5. The van der Waals surface area contributed by atoms with E-state index in [0.29, 0.717) is 6.67 Å². The molecular weight excluding hydrogens is 1030 g/mol. The predicted molar refractivity (Wildman–Crippen MR) is 349 cm³/mol. The molecule has 5 nitrogen and oxygen atoms in total. The summed E-state index contributed by atoms with van der Waals surface area (Å²) in [5.41, 5.74) is 21.8. The molecule has 2 aromatic heterocycles. The van der Waals surface area contributed by atoms with Gasteiger partial charge in [0, 0.05) is 56.2 Å². The maximum atomic E-state index is 7.41. The SMILES string of the molecule is CC(C)(C)c1cc(-c2cc(C(C)(C)C)cc(-c3ccccc3)c2N2CN(c3cccc(Oc4cc5c6c7c(n(-c8cc(C(C)(C)C)ccn8)c6c4)C=CCC7C54c5ccccc5Sc5ccccc54)c3)c3ccccc32)cc(C(C)(C)C)c1. The highest BCUT2D eigenvalue weighted by Crippen LogP contribution is 2.67. The van der Waals surface area contributed by atoms with Crippen LogP contribution in [0.3, 0.4) is 0 Å². The fourth-order valence-electron chi connectivity index (χ4n) is 13.8. The number of anilines is 4. The number of fused-ring (bicyclic) bond motifs is 7. The van der Waals surface area contributed by atoms with Crippen LogP contribution in [0, 0.1) is 0 Å². The molecule has 2 aliphatic heterocycles. The molecule has 2 aliphatic carbocycles. The molecule has 10 aromatic rings. The molecule has 1 unspecified atom stereocenters. The molecule has 83 heavy (non-hydrogen) atoms. The predicted octanol–water partition coefficient (Wildman–Crippen LogP) is 20.9. The third-order valence-corrected chi connectivity index (χ3v) is 19.3. The Bertz CT molecular complexity index is 4210. The molecule has 0 amide bonds. The lowest BCUT2D eigenvalue weighted by atomic mass is 9.62. The second-order valence-electron chi connectivity index (χ2n) is 27.7. The summed E-state index contributed by atoms with van der Waals surface area (Å²) in [4.78, 5) is 12.8. The lowest BCUT2D eigenvalue weighted by Gasteiger charge is -2.44. The van der Waals surface area contributed by atoms with Gasteiger partial charge in [0.2, 0.25) is 0 Å². The Labute approximate surface area is 495 Å². The van der Waals surface area contributed by atoms with Crippen molar-refractivity contribution in [1.29, 1.82) is 0 Å². The zero-order valence-electron chi connectivity index (χ0n) is 50.1. The summed E-state index contributed by atoms with van der Waals surface area (Å²) in [7, 11) is 0. The Balaban J connectivity index is 0.934. The summed E-state index contributed by atoms with van der Waals surface area (Å²) >= 11 is 1.90. The van der Waals surface area contributed by atoms with Gasteiger partial charge < -0.3 is 14.5 Å². The number of aromatic nitrogens is 2. The molecule has 414 valence electrons. The van der Waals surface area contributed by atoms with E-state index in [1.807, 2.05) is 18.0 Å². The van der Waals surface area contributed by atoms with E-state index in [-0.39, 0.29) is 27.6 Å². The molecule has 0 saturated carbocycles. The number of rotatable bonds is 7. The largest absolute Gasteiger partial charge is 0.457 e. The van der Waals surface area contributed by atoms with Crippen LogP contribution in [0.5, 0.6) is 11.5 Å². The fourth-order valence-corrected chi connectivity index (χ4v) is 15.0. The van der Waals surface area contributed by atoms with Crippen molar-refractivity contribution in [3.8, 4) is 39.6 Å². The van der Waals surface area contributed by atoms with Crippen molar-refractivity contribution in [3.05, 3.63) is 244 Å². The Morgan fingerprint density at radius 2 is 1.10 bits per heavy atom. The van der Waals surface area contributed by atoms with E-state index in [4.69, 9.17) is 9.72 Å². The van der Waals surface area contributed by atoms with E-state index < -0.39 is 5.41 Å². The molecule has 0 fully saturated rings. The maximum Gasteiger partial charge on any atom is 0.137 e. The third kappa shape index (κ3) is 8.60. The Hall–Kier alpha value is -8.06. The minimum Gasteiger partial charge on any atom is -0.457 e. The zero-order valence-corrected chi connectivity index (χ0v) is 51.0. The minimum absolute atomic E-state index is 0.0533. The second kappa shape index (κ2) is 19.0. The quantitative estimate of drug-likeness (QED) is 0.159. The van der Waals surface area contributed by atoms with Crippen LogP contribution in [0.1, 0.15) is 146 Å². The summed E-state index contributed by atoms with van der Waals surface area (Å²) in [6.07, 6.45) is 7.67. The molecule has 8 aromatic carbocycles. The smallest absolute Gasteiger partial charge is 0.137 e. The van der Waals surface area contributed by atoms with E-state index in [0.717, 1.165) is 46.3 Å². The summed E-state index contributed by atoms with van der Waals surface area (Å²) in [5, 5.41) is 1.31. The number of para-hydroxylation sites is 2. The van der Waals surface area contributed by atoms with Gasteiger partial charge in [-0.15, -0.1) is 0 Å². The molecule has 4 aliphatic rings. The van der Waals surface area contributed by atoms with Crippen LogP contribution in [0.25, 0.3) is 45.1 Å². The summed E-state index contributed by atoms with van der Waals surface area (Å²) < 4.78 is 9.82.